The van der Waals surface area contributed by atoms with Crippen molar-refractivity contribution in [2.24, 2.45) is 4.99 Å². The minimum Gasteiger partial charge on any atom is -0.356 e. The molecule has 0 aliphatic rings. The minimum atomic E-state index is 0. The highest BCUT2D eigenvalue weighted by Crippen LogP contribution is 2.10. The second-order valence-electron chi connectivity index (χ2n) is 4.86. The monoisotopic (exact) mass is 482 g/mol. The molecule has 5 nitrogen and oxygen atoms in total. The van der Waals surface area contributed by atoms with E-state index in [1.807, 2.05) is 24.3 Å². The highest BCUT2D eigenvalue weighted by molar-refractivity contribution is 14.0. The van der Waals surface area contributed by atoms with Gasteiger partial charge in [-0.3, -0.25) is 4.79 Å². The van der Waals surface area contributed by atoms with Crippen LogP contribution in [0.3, 0.4) is 0 Å². The lowest BCUT2D eigenvalue weighted by Gasteiger charge is -2.14. The molecule has 124 valence electrons. The molecule has 22 heavy (non-hydrogen) atoms. The van der Waals surface area contributed by atoms with Crippen molar-refractivity contribution in [3.05, 3.63) is 34.3 Å². The van der Waals surface area contributed by atoms with E-state index in [1.165, 1.54) is 0 Å². The predicted molar refractivity (Wildman–Crippen MR) is 106 cm³/mol. The first kappa shape index (κ1) is 21.2. The second kappa shape index (κ2) is 11.7. The number of benzene rings is 1. The Labute approximate surface area is 158 Å². The average Bonchev–Trinajstić information content (AvgIpc) is 2.47. The molecule has 0 aromatic heterocycles. The van der Waals surface area contributed by atoms with E-state index >= 15 is 0 Å². The largest absolute Gasteiger partial charge is 0.356 e. The molecule has 1 rings (SSSR count). The summed E-state index contributed by atoms with van der Waals surface area (Å²) in [6.45, 7) is 3.72. The number of guanidine groups is 1. The Morgan fingerprint density at radius 3 is 2.41 bits per heavy atom. The van der Waals surface area contributed by atoms with Crippen LogP contribution in [0.4, 0.5) is 0 Å². The lowest BCUT2D eigenvalue weighted by Crippen LogP contribution is -2.43. The van der Waals surface area contributed by atoms with Gasteiger partial charge in [0.05, 0.1) is 13.1 Å². The van der Waals surface area contributed by atoms with Crippen molar-refractivity contribution in [3.8, 4) is 0 Å². The van der Waals surface area contributed by atoms with Crippen molar-refractivity contribution in [2.75, 3.05) is 27.2 Å². The maximum Gasteiger partial charge on any atom is 0.241 e. The van der Waals surface area contributed by atoms with E-state index in [0.717, 1.165) is 23.0 Å². The normalized spacial score (nSPS) is 10.6. The predicted octanol–water partition coefficient (Wildman–Crippen LogP) is 2.60. The number of nitrogens with zero attached hydrogens (tertiary/aromatic N) is 2. The Morgan fingerprint density at radius 2 is 1.86 bits per heavy atom. The fourth-order valence-corrected chi connectivity index (χ4v) is 1.76. The highest BCUT2D eigenvalue weighted by Gasteiger charge is 2.05. The van der Waals surface area contributed by atoms with Gasteiger partial charge < -0.3 is 15.5 Å². The molecule has 0 aliphatic heterocycles. The maximum atomic E-state index is 11.6. The van der Waals surface area contributed by atoms with Crippen LogP contribution >= 0.6 is 39.9 Å². The molecule has 0 saturated carbocycles. The Kier molecular flexibility index (Phi) is 11.3. The van der Waals surface area contributed by atoms with Gasteiger partial charge in [-0.25, -0.2) is 4.99 Å². The number of nitrogens with one attached hydrogen (secondary N) is 2. The lowest BCUT2D eigenvalue weighted by atomic mass is 10.2. The number of aliphatic imine (C=N–C) groups is 1. The van der Waals surface area contributed by atoms with Crippen LogP contribution in [0.5, 0.6) is 0 Å². The van der Waals surface area contributed by atoms with Crippen molar-refractivity contribution in [3.63, 3.8) is 0 Å². The van der Waals surface area contributed by atoms with Crippen LogP contribution in [0, 0.1) is 0 Å². The van der Waals surface area contributed by atoms with Gasteiger partial charge in [0, 0.05) is 25.1 Å². The molecule has 0 fully saturated rings. The molecule has 0 unspecified atom stereocenters. The highest BCUT2D eigenvalue weighted by atomic mass is 127. The first-order valence-corrected chi connectivity index (χ1v) is 7.79. The van der Waals surface area contributed by atoms with E-state index in [-0.39, 0.29) is 36.4 Å². The van der Waals surface area contributed by atoms with Gasteiger partial charge in [-0.2, -0.15) is 0 Å². The summed E-state index contributed by atoms with van der Waals surface area (Å²) in [6, 6.07) is 8.03. The standard InChI is InChI=1S/C15H23BrN4O.HI/c1-4-9-17-15(19-11-14(21)20(2)3)18-10-12-5-7-13(16)8-6-12;/h5-8H,4,9-11H2,1-3H3,(H2,17,18,19);1H. The zero-order valence-electron chi connectivity index (χ0n) is 13.2. The van der Waals surface area contributed by atoms with Gasteiger partial charge in [-0.1, -0.05) is 35.0 Å². The molecule has 1 aromatic rings. The quantitative estimate of drug-likeness (QED) is 0.372. The third kappa shape index (κ3) is 8.57. The summed E-state index contributed by atoms with van der Waals surface area (Å²) in [4.78, 5) is 17.7. The van der Waals surface area contributed by atoms with Crippen LogP contribution in [-0.4, -0.2) is 44.0 Å². The zero-order chi connectivity index (χ0) is 15.7. The number of hydrogen-bond acceptors (Lipinski definition) is 2. The van der Waals surface area contributed by atoms with Gasteiger partial charge in [-0.05, 0) is 24.1 Å². The fourth-order valence-electron chi connectivity index (χ4n) is 1.50. The molecule has 0 spiro atoms. The van der Waals surface area contributed by atoms with Gasteiger partial charge in [0.15, 0.2) is 5.96 Å². The summed E-state index contributed by atoms with van der Waals surface area (Å²) >= 11 is 3.41. The lowest BCUT2D eigenvalue weighted by molar-refractivity contribution is -0.127. The smallest absolute Gasteiger partial charge is 0.241 e. The molecule has 0 bridgehead atoms. The molecule has 7 heteroatoms. The molecule has 0 atom stereocenters. The summed E-state index contributed by atoms with van der Waals surface area (Å²) in [5.74, 6) is 0.680. The molecule has 1 amide bonds. The summed E-state index contributed by atoms with van der Waals surface area (Å²) in [6.07, 6.45) is 1.00. The molecular weight excluding hydrogens is 459 g/mol. The first-order valence-electron chi connectivity index (χ1n) is 6.99. The summed E-state index contributed by atoms with van der Waals surface area (Å²) in [5.41, 5.74) is 1.12. The number of carbonyl (C=O) groups excluding carboxylic acids is 1. The first-order chi connectivity index (χ1) is 10.0. The number of rotatable bonds is 6. The number of amides is 1. The van der Waals surface area contributed by atoms with Crippen LogP contribution < -0.4 is 10.6 Å². The van der Waals surface area contributed by atoms with Gasteiger partial charge in [-0.15, -0.1) is 24.0 Å². The van der Waals surface area contributed by atoms with E-state index in [4.69, 9.17) is 0 Å². The van der Waals surface area contributed by atoms with E-state index in [9.17, 15) is 4.79 Å². The molecule has 2 N–H and O–H groups in total. The van der Waals surface area contributed by atoms with E-state index < -0.39 is 0 Å². The van der Waals surface area contributed by atoms with E-state index in [1.54, 1.807) is 19.0 Å². The van der Waals surface area contributed by atoms with Crippen LogP contribution in [0.15, 0.2) is 33.7 Å². The number of carbonyl (C=O) groups is 1. The van der Waals surface area contributed by atoms with Gasteiger partial charge in [0.2, 0.25) is 5.91 Å². The third-order valence-electron chi connectivity index (χ3n) is 2.78. The minimum absolute atomic E-state index is 0. The van der Waals surface area contributed by atoms with Crippen molar-refractivity contribution in [1.29, 1.82) is 0 Å². The maximum absolute atomic E-state index is 11.6. The number of likely N-dealkylation sites (N-methyl/N-ethyl adjacent to an activating group) is 1. The van der Waals surface area contributed by atoms with Crippen LogP contribution in [0.2, 0.25) is 0 Å². The Bertz CT molecular complexity index is 477. The SMILES string of the molecule is CCCNC(=NCc1ccc(Br)cc1)NCC(=O)N(C)C.I. The molecule has 0 heterocycles. The van der Waals surface area contributed by atoms with E-state index in [0.29, 0.717) is 12.5 Å². The number of halogens is 2. The van der Waals surface area contributed by atoms with Crippen molar-refractivity contribution in [1.82, 2.24) is 15.5 Å². The van der Waals surface area contributed by atoms with Gasteiger partial charge >= 0.3 is 0 Å². The molecule has 0 aliphatic carbocycles. The van der Waals surface area contributed by atoms with Crippen molar-refractivity contribution < 1.29 is 4.79 Å². The van der Waals surface area contributed by atoms with Crippen LogP contribution in [0.1, 0.15) is 18.9 Å². The Morgan fingerprint density at radius 1 is 1.23 bits per heavy atom. The fraction of sp³-hybridized carbons (Fsp3) is 0.467. The second-order valence-corrected chi connectivity index (χ2v) is 5.78. The summed E-state index contributed by atoms with van der Waals surface area (Å²) in [5, 5.41) is 6.26. The molecule has 1 aromatic carbocycles. The zero-order valence-corrected chi connectivity index (χ0v) is 17.1. The third-order valence-corrected chi connectivity index (χ3v) is 3.31. The Hall–Kier alpha value is -0.830. The average molecular weight is 483 g/mol. The summed E-state index contributed by atoms with van der Waals surface area (Å²) in [7, 11) is 3.48. The molecule has 0 radical (unpaired) electrons. The van der Waals surface area contributed by atoms with Crippen molar-refractivity contribution in [2.45, 2.75) is 19.9 Å². The van der Waals surface area contributed by atoms with Gasteiger partial charge in [0.25, 0.3) is 0 Å². The van der Waals surface area contributed by atoms with Crippen LogP contribution in [-0.2, 0) is 11.3 Å². The number of hydrogen-bond donors (Lipinski definition) is 2. The topological polar surface area (TPSA) is 56.7 Å². The Balaban J connectivity index is 0.00000441. The molecule has 0 saturated heterocycles. The van der Waals surface area contributed by atoms with Crippen LogP contribution in [0.25, 0.3) is 0 Å². The van der Waals surface area contributed by atoms with E-state index in [2.05, 4.69) is 38.5 Å². The molecular formula is C15H24BrIN4O. The van der Waals surface area contributed by atoms with Gasteiger partial charge in [0.1, 0.15) is 0 Å². The summed E-state index contributed by atoms with van der Waals surface area (Å²) < 4.78 is 1.05. The van der Waals surface area contributed by atoms with Crippen molar-refractivity contribution >= 4 is 51.8 Å².